The molecular formula is C16H23BrFNO. The Kier molecular flexibility index (Phi) is 4.88. The van der Waals surface area contributed by atoms with Crippen LogP contribution in [0.5, 0.6) is 0 Å². The van der Waals surface area contributed by atoms with Crippen molar-refractivity contribution in [1.82, 2.24) is 5.32 Å². The van der Waals surface area contributed by atoms with Crippen LogP contribution in [0.4, 0.5) is 4.39 Å². The number of rotatable bonds is 4. The van der Waals surface area contributed by atoms with Crippen LogP contribution < -0.4 is 5.32 Å². The SMILES string of the molecule is CC1(C)CCC(O)(CNCc2cccc(F)c2Br)CC1. The molecule has 1 aliphatic rings. The Hall–Kier alpha value is -0.450. The van der Waals surface area contributed by atoms with Gasteiger partial charge in [0.05, 0.1) is 10.1 Å². The summed E-state index contributed by atoms with van der Waals surface area (Å²) in [6.45, 7) is 5.63. The zero-order valence-corrected chi connectivity index (χ0v) is 13.8. The predicted octanol–water partition coefficient (Wildman–Crippen LogP) is 4.01. The van der Waals surface area contributed by atoms with Crippen molar-refractivity contribution in [2.45, 2.75) is 51.7 Å². The third-order valence-corrected chi connectivity index (χ3v) is 5.22. The highest BCUT2D eigenvalue weighted by Gasteiger charge is 2.36. The molecule has 0 bridgehead atoms. The summed E-state index contributed by atoms with van der Waals surface area (Å²) < 4.78 is 13.9. The van der Waals surface area contributed by atoms with E-state index in [2.05, 4.69) is 35.1 Å². The molecule has 2 nitrogen and oxygen atoms in total. The van der Waals surface area contributed by atoms with Crippen LogP contribution in [0.2, 0.25) is 0 Å². The second-order valence-corrected chi connectivity index (χ2v) is 7.50. The van der Waals surface area contributed by atoms with E-state index in [1.165, 1.54) is 6.07 Å². The van der Waals surface area contributed by atoms with Crippen LogP contribution in [-0.2, 0) is 6.54 Å². The summed E-state index contributed by atoms with van der Waals surface area (Å²) in [5, 5.41) is 13.8. The highest BCUT2D eigenvalue weighted by atomic mass is 79.9. The van der Waals surface area contributed by atoms with Crippen molar-refractivity contribution >= 4 is 15.9 Å². The number of nitrogens with one attached hydrogen (secondary N) is 1. The lowest BCUT2D eigenvalue weighted by Crippen LogP contribution is -2.44. The minimum absolute atomic E-state index is 0.248. The molecular weight excluding hydrogens is 321 g/mol. The van der Waals surface area contributed by atoms with Gasteiger partial charge in [0.15, 0.2) is 0 Å². The van der Waals surface area contributed by atoms with E-state index in [0.717, 1.165) is 31.2 Å². The van der Waals surface area contributed by atoms with Gasteiger partial charge in [-0.2, -0.15) is 0 Å². The van der Waals surface area contributed by atoms with Crippen molar-refractivity contribution in [3.63, 3.8) is 0 Å². The molecule has 0 aliphatic heterocycles. The maximum absolute atomic E-state index is 13.4. The smallest absolute Gasteiger partial charge is 0.137 e. The van der Waals surface area contributed by atoms with Crippen LogP contribution in [0.1, 0.15) is 45.1 Å². The number of aliphatic hydroxyl groups is 1. The van der Waals surface area contributed by atoms with Crippen molar-refractivity contribution in [3.05, 3.63) is 34.1 Å². The van der Waals surface area contributed by atoms with E-state index in [1.807, 2.05) is 6.07 Å². The Bertz CT molecular complexity index is 466. The maximum atomic E-state index is 13.4. The van der Waals surface area contributed by atoms with Crippen LogP contribution in [0.25, 0.3) is 0 Å². The van der Waals surface area contributed by atoms with Crippen LogP contribution >= 0.6 is 15.9 Å². The Morgan fingerprint density at radius 3 is 2.55 bits per heavy atom. The largest absolute Gasteiger partial charge is 0.389 e. The topological polar surface area (TPSA) is 32.3 Å². The molecule has 0 radical (unpaired) electrons. The first-order chi connectivity index (χ1) is 9.31. The van der Waals surface area contributed by atoms with Gasteiger partial charge in [-0.15, -0.1) is 0 Å². The highest BCUT2D eigenvalue weighted by molar-refractivity contribution is 9.10. The quantitative estimate of drug-likeness (QED) is 0.865. The lowest BCUT2D eigenvalue weighted by Gasteiger charge is -2.40. The van der Waals surface area contributed by atoms with Crippen molar-refractivity contribution in [2.75, 3.05) is 6.54 Å². The molecule has 1 saturated carbocycles. The molecule has 0 spiro atoms. The minimum Gasteiger partial charge on any atom is -0.389 e. The Morgan fingerprint density at radius 1 is 1.25 bits per heavy atom. The first kappa shape index (κ1) is 15.9. The van der Waals surface area contributed by atoms with Gasteiger partial charge < -0.3 is 10.4 Å². The fraction of sp³-hybridized carbons (Fsp3) is 0.625. The van der Waals surface area contributed by atoms with Crippen molar-refractivity contribution in [1.29, 1.82) is 0 Å². The Balaban J connectivity index is 1.85. The number of halogens is 2. The number of hydrogen-bond donors (Lipinski definition) is 2. The zero-order chi connectivity index (χ0) is 14.8. The lowest BCUT2D eigenvalue weighted by molar-refractivity contribution is -0.0245. The molecule has 20 heavy (non-hydrogen) atoms. The van der Waals surface area contributed by atoms with Gasteiger partial charge in [-0.3, -0.25) is 0 Å². The second-order valence-electron chi connectivity index (χ2n) is 6.71. The average molecular weight is 344 g/mol. The van der Waals surface area contributed by atoms with E-state index in [-0.39, 0.29) is 5.82 Å². The standard InChI is InChI=1S/C16H23BrFNO/c1-15(2)6-8-16(20,9-7-15)11-19-10-12-4-3-5-13(18)14(12)17/h3-5,19-20H,6-11H2,1-2H3. The molecule has 0 aromatic heterocycles. The molecule has 4 heteroatoms. The Morgan fingerprint density at radius 2 is 1.90 bits per heavy atom. The molecule has 1 fully saturated rings. The highest BCUT2D eigenvalue weighted by Crippen LogP contribution is 2.39. The third-order valence-electron chi connectivity index (χ3n) is 4.34. The summed E-state index contributed by atoms with van der Waals surface area (Å²) in [5.74, 6) is -0.248. The third kappa shape index (κ3) is 4.03. The van der Waals surface area contributed by atoms with E-state index >= 15 is 0 Å². The van der Waals surface area contributed by atoms with Crippen molar-refractivity contribution in [2.24, 2.45) is 5.41 Å². The fourth-order valence-electron chi connectivity index (χ4n) is 2.68. The zero-order valence-electron chi connectivity index (χ0n) is 12.2. The van der Waals surface area contributed by atoms with Crippen LogP contribution in [0, 0.1) is 11.2 Å². The summed E-state index contributed by atoms with van der Waals surface area (Å²) in [6, 6.07) is 5.02. The molecule has 112 valence electrons. The number of benzene rings is 1. The van der Waals surface area contributed by atoms with Gasteiger partial charge in [0.1, 0.15) is 5.82 Å². The molecule has 1 aromatic carbocycles. The first-order valence-electron chi connectivity index (χ1n) is 7.17. The van der Waals surface area contributed by atoms with Crippen LogP contribution in [0.15, 0.2) is 22.7 Å². The lowest BCUT2D eigenvalue weighted by atomic mass is 9.71. The van der Waals surface area contributed by atoms with Gasteiger partial charge in [0.25, 0.3) is 0 Å². The molecule has 1 aromatic rings. The van der Waals surface area contributed by atoms with E-state index < -0.39 is 5.60 Å². The van der Waals surface area contributed by atoms with Gasteiger partial charge in [0.2, 0.25) is 0 Å². The van der Waals surface area contributed by atoms with Gasteiger partial charge in [-0.1, -0.05) is 26.0 Å². The minimum atomic E-state index is -0.616. The second kappa shape index (κ2) is 6.12. The normalized spacial score (nSPS) is 20.9. The average Bonchev–Trinajstić information content (AvgIpc) is 2.39. The summed E-state index contributed by atoms with van der Waals surface area (Å²) in [5.41, 5.74) is 0.609. The predicted molar refractivity (Wildman–Crippen MR) is 83.0 cm³/mol. The number of hydrogen-bond acceptors (Lipinski definition) is 2. The van der Waals surface area contributed by atoms with Crippen LogP contribution in [0.3, 0.4) is 0 Å². The van der Waals surface area contributed by atoms with E-state index in [4.69, 9.17) is 0 Å². The monoisotopic (exact) mass is 343 g/mol. The maximum Gasteiger partial charge on any atom is 0.137 e. The molecule has 0 saturated heterocycles. The van der Waals surface area contributed by atoms with Gasteiger partial charge in [-0.25, -0.2) is 4.39 Å². The summed E-state index contributed by atoms with van der Waals surface area (Å²) >= 11 is 3.26. The van der Waals surface area contributed by atoms with Crippen molar-refractivity contribution < 1.29 is 9.50 Å². The van der Waals surface area contributed by atoms with E-state index in [9.17, 15) is 9.50 Å². The van der Waals surface area contributed by atoms with Crippen LogP contribution in [-0.4, -0.2) is 17.3 Å². The first-order valence-corrected chi connectivity index (χ1v) is 7.97. The van der Waals surface area contributed by atoms with Crippen molar-refractivity contribution in [3.8, 4) is 0 Å². The molecule has 0 unspecified atom stereocenters. The fourth-order valence-corrected chi connectivity index (χ4v) is 3.09. The Labute approximate surface area is 128 Å². The molecule has 0 amide bonds. The van der Waals surface area contributed by atoms with Gasteiger partial charge >= 0.3 is 0 Å². The summed E-state index contributed by atoms with van der Waals surface area (Å²) in [7, 11) is 0. The van der Waals surface area contributed by atoms with Gasteiger partial charge in [0, 0.05) is 13.1 Å². The summed E-state index contributed by atoms with van der Waals surface area (Å²) in [4.78, 5) is 0. The summed E-state index contributed by atoms with van der Waals surface area (Å²) in [6.07, 6.45) is 3.76. The molecule has 2 rings (SSSR count). The van der Waals surface area contributed by atoms with E-state index in [0.29, 0.717) is 23.0 Å². The molecule has 2 N–H and O–H groups in total. The van der Waals surface area contributed by atoms with Gasteiger partial charge in [-0.05, 0) is 58.7 Å². The molecule has 0 heterocycles. The molecule has 1 aliphatic carbocycles. The molecule has 0 atom stereocenters. The van der Waals surface area contributed by atoms with E-state index in [1.54, 1.807) is 6.07 Å².